The molecule has 1 fully saturated rings. The molecule has 2 unspecified atom stereocenters. The number of aliphatic imine (C=N–C) groups is 1. The predicted molar refractivity (Wildman–Crippen MR) is 108 cm³/mol. The van der Waals surface area contributed by atoms with E-state index in [1.54, 1.807) is 0 Å². The highest BCUT2D eigenvalue weighted by Gasteiger charge is 2.38. The van der Waals surface area contributed by atoms with Gasteiger partial charge in [-0.1, -0.05) is 69.4 Å². The lowest BCUT2D eigenvalue weighted by atomic mass is 9.94. The van der Waals surface area contributed by atoms with E-state index in [9.17, 15) is 4.79 Å². The molecule has 1 aromatic carbocycles. The zero-order chi connectivity index (χ0) is 18.8. The first-order valence-electron chi connectivity index (χ1n) is 9.98. The van der Waals surface area contributed by atoms with Crippen molar-refractivity contribution in [1.29, 1.82) is 0 Å². The summed E-state index contributed by atoms with van der Waals surface area (Å²) in [7, 11) is 1.88. The number of hydrogen-bond acceptors (Lipinski definition) is 2. The van der Waals surface area contributed by atoms with E-state index in [4.69, 9.17) is 5.73 Å². The van der Waals surface area contributed by atoms with Gasteiger partial charge in [0.05, 0.1) is 6.04 Å². The number of amides is 1. The summed E-state index contributed by atoms with van der Waals surface area (Å²) >= 11 is 0. The number of nitrogens with two attached hydrogens (primary N) is 1. The van der Waals surface area contributed by atoms with Crippen molar-refractivity contribution in [3.05, 3.63) is 35.9 Å². The Morgan fingerprint density at radius 3 is 2.62 bits per heavy atom. The first kappa shape index (κ1) is 20.3. The Bertz CT molecular complexity index is 573. The molecule has 0 saturated carbocycles. The van der Waals surface area contributed by atoms with E-state index in [1.165, 1.54) is 37.7 Å². The summed E-state index contributed by atoms with van der Waals surface area (Å²) in [4.78, 5) is 18.5. The van der Waals surface area contributed by atoms with Crippen LogP contribution in [-0.4, -0.2) is 36.9 Å². The molecule has 1 aromatic rings. The number of benzene rings is 1. The fourth-order valence-corrected chi connectivity index (χ4v) is 3.65. The second-order valence-corrected chi connectivity index (χ2v) is 7.24. The van der Waals surface area contributed by atoms with Crippen molar-refractivity contribution in [3.8, 4) is 0 Å². The molecule has 0 bridgehead atoms. The number of carbonyl (C=O) groups excluding carboxylic acids is 1. The van der Waals surface area contributed by atoms with E-state index in [2.05, 4.69) is 29.4 Å². The number of nitrogens with one attached hydrogen (secondary N) is 1. The van der Waals surface area contributed by atoms with Crippen molar-refractivity contribution in [2.45, 2.75) is 57.9 Å². The number of likely N-dealkylation sites (tertiary alicyclic amines) is 1. The van der Waals surface area contributed by atoms with Crippen molar-refractivity contribution in [2.24, 2.45) is 16.6 Å². The third-order valence-corrected chi connectivity index (χ3v) is 5.17. The fourth-order valence-electron chi connectivity index (χ4n) is 3.65. The Labute approximate surface area is 158 Å². The highest BCUT2D eigenvalue weighted by molar-refractivity contribution is 5.80. The normalized spacial score (nSPS) is 20.6. The Morgan fingerprint density at radius 1 is 1.19 bits per heavy atom. The van der Waals surface area contributed by atoms with E-state index >= 15 is 0 Å². The molecule has 2 atom stereocenters. The Morgan fingerprint density at radius 2 is 1.88 bits per heavy atom. The van der Waals surface area contributed by atoms with Gasteiger partial charge in [-0.15, -0.1) is 0 Å². The predicted octanol–water partition coefficient (Wildman–Crippen LogP) is 3.47. The average molecular weight is 359 g/mol. The van der Waals surface area contributed by atoms with Crippen molar-refractivity contribution in [2.75, 3.05) is 20.1 Å². The first-order chi connectivity index (χ1) is 12.6. The van der Waals surface area contributed by atoms with Gasteiger partial charge in [-0.3, -0.25) is 9.79 Å². The number of carbonyl (C=O) groups is 1. The zero-order valence-corrected chi connectivity index (χ0v) is 16.3. The second-order valence-electron chi connectivity index (χ2n) is 7.24. The minimum atomic E-state index is 0.0822. The molecule has 5 nitrogen and oxygen atoms in total. The monoisotopic (exact) mass is 358 g/mol. The Kier molecular flexibility index (Phi) is 8.45. The molecule has 0 spiro atoms. The summed E-state index contributed by atoms with van der Waals surface area (Å²) in [6.07, 6.45) is 8.11. The number of rotatable bonds is 10. The summed E-state index contributed by atoms with van der Waals surface area (Å²) in [5.74, 6) is 0.842. The van der Waals surface area contributed by atoms with Crippen LogP contribution < -0.4 is 11.1 Å². The smallest absolute Gasteiger partial charge is 0.223 e. The Balaban J connectivity index is 1.79. The van der Waals surface area contributed by atoms with Crippen LogP contribution in [0.4, 0.5) is 0 Å². The van der Waals surface area contributed by atoms with Crippen molar-refractivity contribution >= 4 is 11.9 Å². The molecule has 0 radical (unpaired) electrons. The largest absolute Gasteiger partial charge is 0.370 e. The first-order valence-corrected chi connectivity index (χ1v) is 9.98. The van der Waals surface area contributed by atoms with E-state index in [-0.39, 0.29) is 17.9 Å². The van der Waals surface area contributed by atoms with Gasteiger partial charge in [0.1, 0.15) is 0 Å². The maximum absolute atomic E-state index is 12.2. The minimum Gasteiger partial charge on any atom is -0.370 e. The molecule has 5 heteroatoms. The second kappa shape index (κ2) is 10.8. The van der Waals surface area contributed by atoms with Crippen LogP contribution in [0.25, 0.3) is 0 Å². The molecule has 1 saturated heterocycles. The molecule has 3 N–H and O–H groups in total. The topological polar surface area (TPSA) is 70.7 Å². The molecular formula is C21H34N4O. The Hall–Kier alpha value is -2.04. The third-order valence-electron chi connectivity index (χ3n) is 5.17. The third kappa shape index (κ3) is 6.04. The zero-order valence-electron chi connectivity index (χ0n) is 16.3. The summed E-state index contributed by atoms with van der Waals surface area (Å²) in [6, 6.07) is 10.3. The van der Waals surface area contributed by atoms with Gasteiger partial charge in [-0.05, 0) is 12.0 Å². The van der Waals surface area contributed by atoms with Gasteiger partial charge < -0.3 is 16.0 Å². The molecule has 1 aliphatic heterocycles. The van der Waals surface area contributed by atoms with Gasteiger partial charge in [0.15, 0.2) is 5.96 Å². The molecule has 2 rings (SSSR count). The maximum Gasteiger partial charge on any atom is 0.223 e. The number of guanidine groups is 1. The van der Waals surface area contributed by atoms with Gasteiger partial charge in [0, 0.05) is 32.5 Å². The van der Waals surface area contributed by atoms with Crippen LogP contribution in [0.5, 0.6) is 0 Å². The van der Waals surface area contributed by atoms with Gasteiger partial charge >= 0.3 is 0 Å². The lowest BCUT2D eigenvalue weighted by Gasteiger charge is -2.24. The summed E-state index contributed by atoms with van der Waals surface area (Å²) in [5, 5.41) is 3.20. The molecular weight excluding hydrogens is 324 g/mol. The molecule has 1 aliphatic rings. The van der Waals surface area contributed by atoms with Crippen LogP contribution >= 0.6 is 0 Å². The standard InChI is InChI=1S/C21H34N4O/c1-3-4-5-6-7-11-14-23-21(22)24-16-18-15-19(26)25(2)20(18)17-12-9-8-10-13-17/h8-10,12-13,18,20H,3-7,11,14-16H2,1-2H3,(H3,22,23,24). The number of unbranched alkanes of at least 4 members (excludes halogenated alkanes) is 5. The van der Waals surface area contributed by atoms with Crippen molar-refractivity contribution < 1.29 is 4.79 Å². The van der Waals surface area contributed by atoms with Crippen molar-refractivity contribution in [3.63, 3.8) is 0 Å². The van der Waals surface area contributed by atoms with Gasteiger partial charge in [-0.2, -0.15) is 0 Å². The van der Waals surface area contributed by atoms with E-state index in [0.29, 0.717) is 18.9 Å². The molecule has 0 aliphatic carbocycles. The van der Waals surface area contributed by atoms with Crippen LogP contribution in [0.3, 0.4) is 0 Å². The number of hydrogen-bond donors (Lipinski definition) is 2. The van der Waals surface area contributed by atoms with Crippen LogP contribution in [0.15, 0.2) is 35.3 Å². The van der Waals surface area contributed by atoms with Crippen LogP contribution in [0, 0.1) is 5.92 Å². The maximum atomic E-state index is 12.2. The highest BCUT2D eigenvalue weighted by Crippen LogP contribution is 2.36. The minimum absolute atomic E-state index is 0.0822. The lowest BCUT2D eigenvalue weighted by molar-refractivity contribution is -0.127. The summed E-state index contributed by atoms with van der Waals surface area (Å²) in [6.45, 7) is 3.68. The fraction of sp³-hybridized carbons (Fsp3) is 0.619. The summed E-state index contributed by atoms with van der Waals surface area (Å²) < 4.78 is 0. The molecule has 1 heterocycles. The van der Waals surface area contributed by atoms with Gasteiger partial charge in [-0.25, -0.2) is 0 Å². The average Bonchev–Trinajstić information content (AvgIpc) is 2.94. The van der Waals surface area contributed by atoms with Gasteiger partial charge in [0.2, 0.25) is 5.91 Å². The van der Waals surface area contributed by atoms with E-state index in [0.717, 1.165) is 13.0 Å². The lowest BCUT2D eigenvalue weighted by Crippen LogP contribution is -2.33. The van der Waals surface area contributed by atoms with Crippen LogP contribution in [0.1, 0.15) is 63.5 Å². The molecule has 0 aromatic heterocycles. The highest BCUT2D eigenvalue weighted by atomic mass is 16.2. The summed E-state index contributed by atoms with van der Waals surface area (Å²) in [5.41, 5.74) is 7.17. The van der Waals surface area contributed by atoms with E-state index < -0.39 is 0 Å². The van der Waals surface area contributed by atoms with Gasteiger partial charge in [0.25, 0.3) is 0 Å². The molecule has 26 heavy (non-hydrogen) atoms. The van der Waals surface area contributed by atoms with Crippen molar-refractivity contribution in [1.82, 2.24) is 10.2 Å². The van der Waals surface area contributed by atoms with E-state index in [1.807, 2.05) is 30.1 Å². The van der Waals surface area contributed by atoms with Crippen LogP contribution in [0.2, 0.25) is 0 Å². The number of nitrogens with zero attached hydrogens (tertiary/aromatic N) is 2. The quantitative estimate of drug-likeness (QED) is 0.382. The molecule has 144 valence electrons. The van der Waals surface area contributed by atoms with Crippen LogP contribution in [-0.2, 0) is 4.79 Å². The molecule has 1 amide bonds. The SMILES string of the molecule is CCCCCCCCNC(N)=NCC1CC(=O)N(C)C1c1ccccc1.